The van der Waals surface area contributed by atoms with Gasteiger partial charge in [-0.25, -0.2) is 15.0 Å². The Morgan fingerprint density at radius 3 is 2.20 bits per heavy atom. The van der Waals surface area contributed by atoms with Crippen LogP contribution in [0.5, 0.6) is 23.1 Å². The van der Waals surface area contributed by atoms with Crippen molar-refractivity contribution >= 4 is 22.7 Å². The van der Waals surface area contributed by atoms with Crippen LogP contribution in [0.2, 0.25) is 0 Å². The summed E-state index contributed by atoms with van der Waals surface area (Å²) < 4.78 is 21.8. The van der Waals surface area contributed by atoms with Crippen molar-refractivity contribution < 1.29 is 18.9 Å². The molecule has 0 radical (unpaired) electrons. The number of aromatic nitrogens is 4. The van der Waals surface area contributed by atoms with Gasteiger partial charge in [-0.1, -0.05) is 0 Å². The predicted molar refractivity (Wildman–Crippen MR) is 112 cm³/mol. The van der Waals surface area contributed by atoms with E-state index in [9.17, 15) is 0 Å². The van der Waals surface area contributed by atoms with Gasteiger partial charge in [-0.05, 0) is 6.07 Å². The molecule has 1 fully saturated rings. The number of hydrogen-bond donors (Lipinski definition) is 0. The molecule has 30 heavy (non-hydrogen) atoms. The number of anilines is 2. The molecule has 0 atom stereocenters. The van der Waals surface area contributed by atoms with Gasteiger partial charge in [-0.15, -0.1) is 0 Å². The van der Waals surface area contributed by atoms with E-state index in [1.807, 2.05) is 6.07 Å². The second-order valence-electron chi connectivity index (χ2n) is 6.61. The van der Waals surface area contributed by atoms with E-state index < -0.39 is 0 Å². The van der Waals surface area contributed by atoms with Crippen molar-refractivity contribution in [3.8, 4) is 23.1 Å². The van der Waals surface area contributed by atoms with Gasteiger partial charge in [0.1, 0.15) is 17.7 Å². The van der Waals surface area contributed by atoms with Crippen molar-refractivity contribution in [3.05, 3.63) is 24.7 Å². The molecule has 1 saturated heterocycles. The second kappa shape index (κ2) is 8.44. The van der Waals surface area contributed by atoms with E-state index in [0.717, 1.165) is 37.4 Å². The number of rotatable bonds is 6. The molecular weight excluding hydrogens is 388 g/mol. The average molecular weight is 412 g/mol. The third-order valence-corrected chi connectivity index (χ3v) is 5.10. The first-order chi connectivity index (χ1) is 14.7. The Morgan fingerprint density at radius 1 is 0.800 bits per heavy atom. The Morgan fingerprint density at radius 2 is 1.53 bits per heavy atom. The van der Waals surface area contributed by atoms with Gasteiger partial charge in [0.25, 0.3) is 0 Å². The molecule has 1 aromatic carbocycles. The van der Waals surface area contributed by atoms with Crippen LogP contribution in [0, 0.1) is 0 Å². The van der Waals surface area contributed by atoms with Crippen LogP contribution < -0.4 is 28.7 Å². The number of piperazine rings is 1. The van der Waals surface area contributed by atoms with Gasteiger partial charge < -0.3 is 28.7 Å². The molecule has 2 aromatic heterocycles. The summed E-state index contributed by atoms with van der Waals surface area (Å²) in [6, 6.07) is 3.63. The van der Waals surface area contributed by atoms with Crippen LogP contribution in [0.3, 0.4) is 0 Å². The SMILES string of the molecule is COc1ccnc(N2CCN(c3ncnc4c(OC)c(OC)c(OC)cc34)CC2)n1. The summed E-state index contributed by atoms with van der Waals surface area (Å²) in [5, 5.41) is 0.845. The highest BCUT2D eigenvalue weighted by Crippen LogP contribution is 2.44. The lowest BCUT2D eigenvalue weighted by Crippen LogP contribution is -2.47. The molecule has 0 spiro atoms. The Kier molecular flexibility index (Phi) is 5.55. The van der Waals surface area contributed by atoms with Crippen LogP contribution in [0.1, 0.15) is 0 Å². The highest BCUT2D eigenvalue weighted by Gasteiger charge is 2.25. The largest absolute Gasteiger partial charge is 0.493 e. The quantitative estimate of drug-likeness (QED) is 0.596. The van der Waals surface area contributed by atoms with E-state index in [-0.39, 0.29) is 0 Å². The summed E-state index contributed by atoms with van der Waals surface area (Å²) >= 11 is 0. The average Bonchev–Trinajstić information content (AvgIpc) is 2.82. The lowest BCUT2D eigenvalue weighted by Gasteiger charge is -2.35. The molecule has 10 heteroatoms. The van der Waals surface area contributed by atoms with Crippen molar-refractivity contribution in [2.75, 3.05) is 64.4 Å². The number of nitrogens with zero attached hydrogens (tertiary/aromatic N) is 6. The summed E-state index contributed by atoms with van der Waals surface area (Å²) in [6.07, 6.45) is 3.25. The zero-order valence-electron chi connectivity index (χ0n) is 17.5. The lowest BCUT2D eigenvalue weighted by molar-refractivity contribution is 0.327. The molecule has 0 aliphatic carbocycles. The fraction of sp³-hybridized carbons (Fsp3) is 0.400. The lowest BCUT2D eigenvalue weighted by atomic mass is 10.1. The van der Waals surface area contributed by atoms with E-state index in [1.165, 1.54) is 0 Å². The Labute approximate surface area is 174 Å². The topological polar surface area (TPSA) is 95.0 Å². The third-order valence-electron chi connectivity index (χ3n) is 5.10. The minimum absolute atomic E-state index is 0.511. The number of fused-ring (bicyclic) bond motifs is 1. The first-order valence-electron chi connectivity index (χ1n) is 9.50. The third kappa shape index (κ3) is 3.44. The predicted octanol–water partition coefficient (Wildman–Crippen LogP) is 1.78. The molecular formula is C20H24N6O4. The molecule has 10 nitrogen and oxygen atoms in total. The minimum atomic E-state index is 0.511. The highest BCUT2D eigenvalue weighted by molar-refractivity contribution is 5.97. The van der Waals surface area contributed by atoms with Crippen LogP contribution in [0.25, 0.3) is 10.9 Å². The molecule has 4 rings (SSSR count). The molecule has 3 aromatic rings. The van der Waals surface area contributed by atoms with Crippen LogP contribution in [-0.4, -0.2) is 74.6 Å². The van der Waals surface area contributed by atoms with Crippen molar-refractivity contribution in [1.82, 2.24) is 19.9 Å². The van der Waals surface area contributed by atoms with Crippen molar-refractivity contribution in [3.63, 3.8) is 0 Å². The van der Waals surface area contributed by atoms with Crippen molar-refractivity contribution in [1.29, 1.82) is 0 Å². The number of ether oxygens (including phenoxy) is 4. The van der Waals surface area contributed by atoms with Crippen LogP contribution in [-0.2, 0) is 0 Å². The normalized spacial score (nSPS) is 14.0. The maximum Gasteiger partial charge on any atom is 0.228 e. The van der Waals surface area contributed by atoms with Crippen molar-refractivity contribution in [2.45, 2.75) is 0 Å². The second-order valence-corrected chi connectivity index (χ2v) is 6.61. The van der Waals surface area contributed by atoms with E-state index in [0.29, 0.717) is 34.6 Å². The van der Waals surface area contributed by atoms with Gasteiger partial charge in [-0.3, -0.25) is 0 Å². The van der Waals surface area contributed by atoms with E-state index in [2.05, 4.69) is 29.7 Å². The van der Waals surface area contributed by atoms with Gasteiger partial charge >= 0.3 is 0 Å². The van der Waals surface area contributed by atoms with Gasteiger partial charge in [0, 0.05) is 38.4 Å². The molecule has 3 heterocycles. The molecule has 158 valence electrons. The highest BCUT2D eigenvalue weighted by atomic mass is 16.5. The van der Waals surface area contributed by atoms with Gasteiger partial charge in [0.05, 0.1) is 33.8 Å². The summed E-state index contributed by atoms with van der Waals surface area (Å²) in [7, 11) is 6.36. The molecule has 1 aliphatic rings. The number of methoxy groups -OCH3 is 4. The fourth-order valence-electron chi connectivity index (χ4n) is 3.62. The Balaban J connectivity index is 1.64. The van der Waals surface area contributed by atoms with Gasteiger partial charge in [-0.2, -0.15) is 4.98 Å². The minimum Gasteiger partial charge on any atom is -0.493 e. The fourth-order valence-corrected chi connectivity index (χ4v) is 3.62. The summed E-state index contributed by atoms with van der Waals surface area (Å²) in [5.41, 5.74) is 0.679. The summed E-state index contributed by atoms with van der Waals surface area (Å²) in [4.78, 5) is 22.1. The standard InChI is InChI=1S/C20H24N6O4/c1-27-14-11-13-16(18(30-4)17(14)29-3)22-12-23-19(13)25-7-9-26(10-8-25)20-21-6-5-15(24-20)28-2/h5-6,11-12H,7-10H2,1-4H3. The molecule has 1 aliphatic heterocycles. The smallest absolute Gasteiger partial charge is 0.228 e. The van der Waals surface area contributed by atoms with Crippen molar-refractivity contribution in [2.24, 2.45) is 0 Å². The summed E-state index contributed by atoms with van der Waals surface area (Å²) in [5.74, 6) is 3.65. The number of benzene rings is 1. The first kappa shape index (κ1) is 19.7. The molecule has 0 unspecified atom stereocenters. The maximum absolute atomic E-state index is 5.58. The molecule has 0 saturated carbocycles. The Bertz CT molecular complexity index is 1040. The maximum atomic E-state index is 5.58. The van der Waals surface area contributed by atoms with Gasteiger partial charge in [0.15, 0.2) is 11.5 Å². The molecule has 0 N–H and O–H groups in total. The summed E-state index contributed by atoms with van der Waals surface area (Å²) in [6.45, 7) is 3.01. The zero-order chi connectivity index (χ0) is 21.1. The molecule has 0 bridgehead atoms. The number of hydrogen-bond acceptors (Lipinski definition) is 10. The Hall–Kier alpha value is -3.56. The van der Waals surface area contributed by atoms with Crippen LogP contribution in [0.15, 0.2) is 24.7 Å². The first-order valence-corrected chi connectivity index (χ1v) is 9.50. The van der Waals surface area contributed by atoms with E-state index in [4.69, 9.17) is 18.9 Å². The van der Waals surface area contributed by atoms with Crippen LogP contribution in [0.4, 0.5) is 11.8 Å². The van der Waals surface area contributed by atoms with E-state index in [1.54, 1.807) is 47.0 Å². The van der Waals surface area contributed by atoms with E-state index >= 15 is 0 Å². The zero-order valence-corrected chi connectivity index (χ0v) is 17.5. The van der Waals surface area contributed by atoms with Gasteiger partial charge in [0.2, 0.25) is 17.6 Å². The van der Waals surface area contributed by atoms with Crippen LogP contribution >= 0.6 is 0 Å². The molecule has 0 amide bonds. The monoisotopic (exact) mass is 412 g/mol.